The third kappa shape index (κ3) is 4.40. The number of amides is 1. The smallest absolute Gasteiger partial charge is 0.229 e. The van der Waals surface area contributed by atoms with Gasteiger partial charge in [0.2, 0.25) is 5.91 Å². The number of carbonyl (C=O) groups is 1. The van der Waals surface area contributed by atoms with Crippen LogP contribution in [0, 0.1) is 26.7 Å². The van der Waals surface area contributed by atoms with Gasteiger partial charge in [0.25, 0.3) is 0 Å². The maximum absolute atomic E-state index is 12.7. The highest BCUT2D eigenvalue weighted by Gasteiger charge is 2.26. The third-order valence-corrected chi connectivity index (χ3v) is 7.11. The molecule has 1 amide bonds. The summed E-state index contributed by atoms with van der Waals surface area (Å²) in [5.41, 5.74) is 4.66. The van der Waals surface area contributed by atoms with Gasteiger partial charge >= 0.3 is 0 Å². The van der Waals surface area contributed by atoms with Crippen LogP contribution in [0.4, 0.5) is 5.13 Å². The highest BCUT2D eigenvalue weighted by atomic mass is 32.2. The molecule has 2 heterocycles. The molecule has 3 aromatic rings. The van der Waals surface area contributed by atoms with E-state index in [2.05, 4.69) is 71.8 Å². The fraction of sp³-hybridized carbons (Fsp3) is 0.364. The van der Waals surface area contributed by atoms with Gasteiger partial charge in [0.15, 0.2) is 5.13 Å². The Morgan fingerprint density at radius 3 is 2.68 bits per heavy atom. The molecule has 28 heavy (non-hydrogen) atoms. The van der Waals surface area contributed by atoms with Gasteiger partial charge in [0.1, 0.15) is 0 Å². The molecule has 1 aromatic heterocycles. The number of carbonyl (C=O) groups excluding carboxylic acids is 1. The number of fused-ring (bicyclic) bond motifs is 1. The molecule has 0 atom stereocenters. The lowest BCUT2D eigenvalue weighted by molar-refractivity contribution is -0.120. The van der Waals surface area contributed by atoms with E-state index < -0.39 is 0 Å². The summed E-state index contributed by atoms with van der Waals surface area (Å²) in [6.07, 6.45) is 1.77. The molecule has 146 valence electrons. The third-order valence-electron chi connectivity index (χ3n) is 5.11. The second-order valence-corrected chi connectivity index (χ2v) is 9.75. The molecule has 0 saturated carbocycles. The molecule has 1 fully saturated rings. The summed E-state index contributed by atoms with van der Waals surface area (Å²) in [6.45, 7) is 8.13. The largest absolute Gasteiger partial charge is 0.302 e. The van der Waals surface area contributed by atoms with Crippen LogP contribution in [0.15, 0.2) is 41.3 Å². The summed E-state index contributed by atoms with van der Waals surface area (Å²) in [7, 11) is 0. The van der Waals surface area contributed by atoms with Crippen LogP contribution in [0.2, 0.25) is 0 Å². The van der Waals surface area contributed by atoms with E-state index >= 15 is 0 Å². The molecule has 1 aliphatic heterocycles. The molecule has 0 spiro atoms. The van der Waals surface area contributed by atoms with Crippen molar-refractivity contribution < 1.29 is 4.79 Å². The van der Waals surface area contributed by atoms with E-state index in [0.717, 1.165) is 41.7 Å². The van der Waals surface area contributed by atoms with E-state index in [0.29, 0.717) is 5.13 Å². The summed E-state index contributed by atoms with van der Waals surface area (Å²) in [5, 5.41) is 3.78. The molecule has 6 heteroatoms. The van der Waals surface area contributed by atoms with Crippen molar-refractivity contribution in [1.82, 2.24) is 9.29 Å². The number of thiazole rings is 1. The Labute approximate surface area is 174 Å². The van der Waals surface area contributed by atoms with E-state index in [4.69, 9.17) is 0 Å². The molecule has 0 unspecified atom stereocenters. The van der Waals surface area contributed by atoms with Crippen LogP contribution in [0.5, 0.6) is 0 Å². The Hall–Kier alpha value is -1.89. The van der Waals surface area contributed by atoms with Crippen LogP contribution in [-0.2, 0) is 4.79 Å². The van der Waals surface area contributed by atoms with Gasteiger partial charge < -0.3 is 5.32 Å². The number of piperidine rings is 1. The van der Waals surface area contributed by atoms with E-state index in [1.54, 1.807) is 23.3 Å². The van der Waals surface area contributed by atoms with Crippen molar-refractivity contribution in [3.05, 3.63) is 53.1 Å². The Balaban J connectivity index is 1.34. The zero-order valence-corrected chi connectivity index (χ0v) is 18.1. The lowest BCUT2D eigenvalue weighted by Crippen LogP contribution is -2.34. The number of hydrogen-bond donors (Lipinski definition) is 1. The Bertz CT molecular complexity index is 1010. The van der Waals surface area contributed by atoms with Crippen LogP contribution >= 0.6 is 23.3 Å². The van der Waals surface area contributed by atoms with Crippen molar-refractivity contribution in [1.29, 1.82) is 0 Å². The van der Waals surface area contributed by atoms with E-state index in [9.17, 15) is 4.79 Å². The highest BCUT2D eigenvalue weighted by molar-refractivity contribution is 7.97. The first-order valence-corrected chi connectivity index (χ1v) is 11.2. The predicted molar refractivity (Wildman–Crippen MR) is 119 cm³/mol. The first-order chi connectivity index (χ1) is 13.5. The number of rotatable bonds is 4. The van der Waals surface area contributed by atoms with Crippen LogP contribution in [0.25, 0.3) is 10.2 Å². The summed E-state index contributed by atoms with van der Waals surface area (Å²) in [4.78, 5) is 18.6. The fourth-order valence-corrected chi connectivity index (χ4v) is 5.78. The number of benzene rings is 2. The number of anilines is 1. The van der Waals surface area contributed by atoms with E-state index in [-0.39, 0.29) is 11.8 Å². The summed E-state index contributed by atoms with van der Waals surface area (Å²) < 4.78 is 3.50. The second-order valence-electron chi connectivity index (χ2n) is 7.55. The molecule has 4 rings (SSSR count). The fourth-order valence-electron chi connectivity index (χ4n) is 3.66. The quantitative estimate of drug-likeness (QED) is 0.569. The zero-order valence-electron chi connectivity index (χ0n) is 16.5. The average molecular weight is 412 g/mol. The molecule has 0 aliphatic carbocycles. The number of aryl methyl sites for hydroxylation is 3. The Morgan fingerprint density at radius 2 is 1.93 bits per heavy atom. The molecular formula is C22H25N3OS2. The summed E-state index contributed by atoms with van der Waals surface area (Å²) >= 11 is 3.36. The normalized spacial score (nSPS) is 15.8. The molecule has 0 radical (unpaired) electrons. The second kappa shape index (κ2) is 8.23. The van der Waals surface area contributed by atoms with Gasteiger partial charge in [-0.05, 0) is 80.5 Å². The van der Waals surface area contributed by atoms with E-state index in [1.165, 1.54) is 16.0 Å². The Kier molecular flexibility index (Phi) is 5.71. The molecule has 0 bridgehead atoms. The molecule has 2 aromatic carbocycles. The molecule has 1 aliphatic rings. The molecule has 4 nitrogen and oxygen atoms in total. The van der Waals surface area contributed by atoms with Crippen molar-refractivity contribution in [3.8, 4) is 0 Å². The molecule has 1 saturated heterocycles. The lowest BCUT2D eigenvalue weighted by Gasteiger charge is -2.30. The van der Waals surface area contributed by atoms with Gasteiger partial charge in [-0.2, -0.15) is 0 Å². The van der Waals surface area contributed by atoms with Crippen molar-refractivity contribution in [2.75, 3.05) is 18.4 Å². The van der Waals surface area contributed by atoms with Crippen LogP contribution < -0.4 is 5.32 Å². The van der Waals surface area contributed by atoms with Crippen molar-refractivity contribution in [2.45, 2.75) is 38.5 Å². The molecule has 1 N–H and O–H groups in total. The topological polar surface area (TPSA) is 45.2 Å². The number of hydrogen-bond acceptors (Lipinski definition) is 5. The van der Waals surface area contributed by atoms with Crippen molar-refractivity contribution >= 4 is 44.5 Å². The number of nitrogens with zero attached hydrogens (tertiary/aromatic N) is 2. The van der Waals surface area contributed by atoms with Crippen LogP contribution in [-0.4, -0.2) is 28.3 Å². The molecular weight excluding hydrogens is 386 g/mol. The summed E-state index contributed by atoms with van der Waals surface area (Å²) in [6, 6.07) is 12.8. The standard InChI is InChI=1S/C22H25N3OS2/c1-14-5-4-6-18(12-14)28-25-9-7-17(8-10-25)21(26)24-22-23-20-16(3)11-15(2)13-19(20)27-22/h4-6,11-13,17H,7-10H2,1-3H3,(H,23,24,26). The minimum atomic E-state index is 0.0594. The number of nitrogens with one attached hydrogen (secondary N) is 1. The van der Waals surface area contributed by atoms with Gasteiger partial charge in [-0.3, -0.25) is 4.79 Å². The highest BCUT2D eigenvalue weighted by Crippen LogP contribution is 2.32. The van der Waals surface area contributed by atoms with E-state index in [1.807, 2.05) is 0 Å². The lowest BCUT2D eigenvalue weighted by atomic mass is 9.97. The maximum Gasteiger partial charge on any atom is 0.229 e. The first-order valence-electron chi connectivity index (χ1n) is 9.66. The number of aromatic nitrogens is 1. The van der Waals surface area contributed by atoms with Gasteiger partial charge in [0, 0.05) is 23.9 Å². The van der Waals surface area contributed by atoms with Gasteiger partial charge in [-0.25, -0.2) is 9.29 Å². The van der Waals surface area contributed by atoms with Crippen LogP contribution in [0.3, 0.4) is 0 Å². The van der Waals surface area contributed by atoms with Gasteiger partial charge in [-0.15, -0.1) is 0 Å². The van der Waals surface area contributed by atoms with Gasteiger partial charge in [0.05, 0.1) is 10.2 Å². The van der Waals surface area contributed by atoms with Crippen molar-refractivity contribution in [3.63, 3.8) is 0 Å². The Morgan fingerprint density at radius 1 is 1.14 bits per heavy atom. The minimum absolute atomic E-state index is 0.0594. The summed E-state index contributed by atoms with van der Waals surface area (Å²) in [5.74, 6) is 0.165. The maximum atomic E-state index is 12.7. The average Bonchev–Trinajstić information content (AvgIpc) is 3.05. The van der Waals surface area contributed by atoms with Gasteiger partial charge in [-0.1, -0.05) is 29.5 Å². The predicted octanol–water partition coefficient (Wildman–Crippen LogP) is 5.58. The minimum Gasteiger partial charge on any atom is -0.302 e. The zero-order chi connectivity index (χ0) is 19.7. The van der Waals surface area contributed by atoms with Crippen molar-refractivity contribution in [2.24, 2.45) is 5.92 Å². The monoisotopic (exact) mass is 411 g/mol. The first kappa shape index (κ1) is 19.4. The van der Waals surface area contributed by atoms with Crippen LogP contribution in [0.1, 0.15) is 29.5 Å². The SMILES string of the molecule is Cc1cccc(SN2CCC(C(=O)Nc3nc4c(C)cc(C)cc4s3)CC2)c1.